The van der Waals surface area contributed by atoms with Gasteiger partial charge in [-0.15, -0.1) is 0 Å². The molecule has 1 saturated heterocycles. The number of amides is 1. The van der Waals surface area contributed by atoms with Gasteiger partial charge >= 0.3 is 0 Å². The first-order valence-corrected chi connectivity index (χ1v) is 6.70. The summed E-state index contributed by atoms with van der Waals surface area (Å²) in [6.07, 6.45) is 5.05. The molecule has 0 spiro atoms. The summed E-state index contributed by atoms with van der Waals surface area (Å²) in [5, 5.41) is 10.4. The lowest BCUT2D eigenvalue weighted by Crippen LogP contribution is -2.56. The van der Waals surface area contributed by atoms with Crippen LogP contribution in [0.15, 0.2) is 18.5 Å². The Morgan fingerprint density at radius 2 is 2.32 bits per heavy atom. The van der Waals surface area contributed by atoms with Crippen LogP contribution in [0.4, 0.5) is 0 Å². The first kappa shape index (κ1) is 14.0. The summed E-state index contributed by atoms with van der Waals surface area (Å²) in [5.41, 5.74) is -0.677. The van der Waals surface area contributed by atoms with E-state index >= 15 is 0 Å². The third kappa shape index (κ3) is 3.33. The molecule has 1 atom stereocenters. The summed E-state index contributed by atoms with van der Waals surface area (Å²) >= 11 is 0. The molecule has 6 nitrogen and oxygen atoms in total. The zero-order chi connectivity index (χ0) is 13.7. The molecule has 1 aromatic rings. The fourth-order valence-corrected chi connectivity index (χ4v) is 2.44. The summed E-state index contributed by atoms with van der Waals surface area (Å²) < 4.78 is 7.31. The highest BCUT2D eigenvalue weighted by Gasteiger charge is 2.40. The summed E-state index contributed by atoms with van der Waals surface area (Å²) in [6, 6.07) is 1.90. The minimum Gasteiger partial charge on any atom is -0.368 e. The van der Waals surface area contributed by atoms with Gasteiger partial charge in [0, 0.05) is 25.5 Å². The quantitative estimate of drug-likeness (QED) is 0.796. The molecule has 1 aliphatic rings. The number of methoxy groups -OCH3 is 1. The Hall–Kier alpha value is -1.40. The second-order valence-corrected chi connectivity index (χ2v) is 5.05. The van der Waals surface area contributed by atoms with E-state index < -0.39 is 5.60 Å². The maximum atomic E-state index is 12.4. The fraction of sp³-hybridized carbons (Fsp3) is 0.692. The summed E-state index contributed by atoms with van der Waals surface area (Å²) in [6.45, 7) is 4.27. The second-order valence-electron chi connectivity index (χ2n) is 5.05. The topological polar surface area (TPSA) is 68.2 Å². The van der Waals surface area contributed by atoms with Crippen LogP contribution in [0.1, 0.15) is 19.8 Å². The Balaban J connectivity index is 1.91. The van der Waals surface area contributed by atoms with Crippen LogP contribution in [0.3, 0.4) is 0 Å². The van der Waals surface area contributed by atoms with Crippen molar-refractivity contribution in [1.82, 2.24) is 20.4 Å². The zero-order valence-corrected chi connectivity index (χ0v) is 11.6. The summed E-state index contributed by atoms with van der Waals surface area (Å²) in [5.74, 6) is -0.0174. The first-order chi connectivity index (χ1) is 9.16. The first-order valence-electron chi connectivity index (χ1n) is 6.70. The minimum atomic E-state index is -0.677. The fourth-order valence-electron chi connectivity index (χ4n) is 2.44. The molecule has 0 saturated carbocycles. The van der Waals surface area contributed by atoms with Gasteiger partial charge in [-0.25, -0.2) is 0 Å². The Kier molecular flexibility index (Phi) is 4.55. The van der Waals surface area contributed by atoms with E-state index in [1.165, 1.54) is 0 Å². The molecule has 6 heteroatoms. The van der Waals surface area contributed by atoms with Gasteiger partial charge in [0.15, 0.2) is 0 Å². The molecule has 0 radical (unpaired) electrons. The van der Waals surface area contributed by atoms with E-state index in [-0.39, 0.29) is 11.9 Å². The van der Waals surface area contributed by atoms with Gasteiger partial charge in [-0.1, -0.05) is 0 Å². The van der Waals surface area contributed by atoms with Crippen molar-refractivity contribution in [2.45, 2.75) is 38.0 Å². The number of hydrogen-bond acceptors (Lipinski definition) is 4. The molecule has 0 aromatic carbocycles. The van der Waals surface area contributed by atoms with Crippen molar-refractivity contribution < 1.29 is 9.53 Å². The average Bonchev–Trinajstić information content (AvgIpc) is 2.92. The minimum absolute atomic E-state index is 0.0174. The molecule has 2 rings (SSSR count). The molecule has 1 fully saturated rings. The lowest BCUT2D eigenvalue weighted by atomic mass is 9.91. The number of ether oxygens (including phenoxy) is 1. The number of nitrogens with zero attached hydrogens (tertiary/aromatic N) is 2. The molecule has 106 valence electrons. The van der Waals surface area contributed by atoms with Gasteiger partial charge in [0.2, 0.25) is 0 Å². The van der Waals surface area contributed by atoms with Crippen molar-refractivity contribution in [2.75, 3.05) is 20.2 Å². The van der Waals surface area contributed by atoms with Gasteiger partial charge in [-0.3, -0.25) is 9.48 Å². The van der Waals surface area contributed by atoms with E-state index in [0.29, 0.717) is 19.4 Å². The highest BCUT2D eigenvalue weighted by atomic mass is 16.5. The van der Waals surface area contributed by atoms with E-state index in [2.05, 4.69) is 15.7 Å². The molecular formula is C13H22N4O2. The summed E-state index contributed by atoms with van der Waals surface area (Å²) in [7, 11) is 1.61. The highest BCUT2D eigenvalue weighted by molar-refractivity contribution is 5.85. The molecule has 2 heterocycles. The van der Waals surface area contributed by atoms with Gasteiger partial charge in [-0.2, -0.15) is 5.10 Å². The molecule has 2 N–H and O–H groups in total. The van der Waals surface area contributed by atoms with Gasteiger partial charge in [0.1, 0.15) is 5.60 Å². The lowest BCUT2D eigenvalue weighted by Gasteiger charge is -2.35. The predicted octanol–water partition coefficient (Wildman–Crippen LogP) is 0.156. The summed E-state index contributed by atoms with van der Waals surface area (Å²) in [4.78, 5) is 12.4. The highest BCUT2D eigenvalue weighted by Crippen LogP contribution is 2.22. The zero-order valence-electron chi connectivity index (χ0n) is 11.6. The lowest BCUT2D eigenvalue weighted by molar-refractivity contribution is -0.147. The Labute approximate surface area is 113 Å². The van der Waals surface area contributed by atoms with Crippen LogP contribution in [0, 0.1) is 0 Å². The predicted molar refractivity (Wildman–Crippen MR) is 71.7 cm³/mol. The molecule has 1 aliphatic heterocycles. The van der Waals surface area contributed by atoms with Crippen molar-refractivity contribution in [1.29, 1.82) is 0 Å². The maximum absolute atomic E-state index is 12.4. The van der Waals surface area contributed by atoms with Crippen LogP contribution in [0.5, 0.6) is 0 Å². The molecule has 0 bridgehead atoms. The number of hydrogen-bond donors (Lipinski definition) is 2. The molecule has 1 amide bonds. The number of nitrogens with one attached hydrogen (secondary N) is 2. The standard InChI is InChI=1S/C13H22N4O2/c1-11(10-17-9-3-6-15-17)16-12(18)13(19-2)4-7-14-8-5-13/h3,6,9,11,14H,4-5,7-8,10H2,1-2H3,(H,16,18). The Morgan fingerprint density at radius 3 is 2.89 bits per heavy atom. The molecular weight excluding hydrogens is 244 g/mol. The van der Waals surface area contributed by atoms with Crippen LogP contribution in [0.25, 0.3) is 0 Å². The SMILES string of the molecule is COC1(C(=O)NC(C)Cn2cccn2)CCNCC1. The number of carbonyl (C=O) groups is 1. The van der Waals surface area contributed by atoms with Gasteiger partial charge in [-0.05, 0) is 38.9 Å². The van der Waals surface area contributed by atoms with Crippen LogP contribution in [-0.2, 0) is 16.1 Å². The molecule has 1 aromatic heterocycles. The van der Waals surface area contributed by atoms with Crippen LogP contribution >= 0.6 is 0 Å². The number of carbonyl (C=O) groups excluding carboxylic acids is 1. The monoisotopic (exact) mass is 266 g/mol. The Morgan fingerprint density at radius 1 is 1.58 bits per heavy atom. The average molecular weight is 266 g/mol. The maximum Gasteiger partial charge on any atom is 0.252 e. The van der Waals surface area contributed by atoms with Crippen molar-refractivity contribution in [2.24, 2.45) is 0 Å². The van der Waals surface area contributed by atoms with Gasteiger partial charge in [0.25, 0.3) is 5.91 Å². The van der Waals surface area contributed by atoms with Crippen LogP contribution in [0.2, 0.25) is 0 Å². The van der Waals surface area contributed by atoms with Crippen molar-refractivity contribution in [3.05, 3.63) is 18.5 Å². The number of piperidine rings is 1. The van der Waals surface area contributed by atoms with E-state index in [1.54, 1.807) is 13.3 Å². The number of aromatic nitrogens is 2. The smallest absolute Gasteiger partial charge is 0.252 e. The van der Waals surface area contributed by atoms with E-state index in [1.807, 2.05) is 23.9 Å². The third-order valence-electron chi connectivity index (χ3n) is 3.61. The van der Waals surface area contributed by atoms with Crippen molar-refractivity contribution in [3.63, 3.8) is 0 Å². The van der Waals surface area contributed by atoms with Crippen LogP contribution < -0.4 is 10.6 Å². The molecule has 19 heavy (non-hydrogen) atoms. The van der Waals surface area contributed by atoms with Crippen molar-refractivity contribution >= 4 is 5.91 Å². The van der Waals surface area contributed by atoms with Crippen LogP contribution in [-0.4, -0.2) is 47.5 Å². The Bertz CT molecular complexity index is 399. The van der Waals surface area contributed by atoms with Gasteiger partial charge < -0.3 is 15.4 Å². The normalized spacial score (nSPS) is 19.9. The molecule has 0 aliphatic carbocycles. The van der Waals surface area contributed by atoms with E-state index in [0.717, 1.165) is 13.1 Å². The largest absolute Gasteiger partial charge is 0.368 e. The number of rotatable bonds is 5. The van der Waals surface area contributed by atoms with E-state index in [4.69, 9.17) is 4.74 Å². The third-order valence-corrected chi connectivity index (χ3v) is 3.61. The van der Waals surface area contributed by atoms with Gasteiger partial charge in [0.05, 0.1) is 6.54 Å². The van der Waals surface area contributed by atoms with Crippen molar-refractivity contribution in [3.8, 4) is 0 Å². The molecule has 1 unspecified atom stereocenters. The second kappa shape index (κ2) is 6.16. The van der Waals surface area contributed by atoms with E-state index in [9.17, 15) is 4.79 Å².